The van der Waals surface area contributed by atoms with Gasteiger partial charge in [-0.3, -0.25) is 10.1 Å². The summed E-state index contributed by atoms with van der Waals surface area (Å²) in [5.74, 6) is 0. The smallest absolute Gasteiger partial charge is 0.273 e. The summed E-state index contributed by atoms with van der Waals surface area (Å²) in [5.41, 5.74) is -0.313. The Morgan fingerprint density at radius 1 is 1.37 bits per heavy atom. The maximum absolute atomic E-state index is 12.5. The molecule has 0 aromatic carbocycles. The molecule has 0 aliphatic carbocycles. The Labute approximate surface area is 110 Å². The number of allylic oxidation sites excluding steroid dienone is 2. The number of nitrogens with one attached hydrogen (secondary N) is 1. The maximum atomic E-state index is 12.5. The van der Waals surface area contributed by atoms with Crippen molar-refractivity contribution in [2.24, 2.45) is 4.99 Å². The first kappa shape index (κ1) is 17.2. The Morgan fingerprint density at radius 3 is 2.32 bits per heavy atom. The summed E-state index contributed by atoms with van der Waals surface area (Å²) in [7, 11) is 0. The van der Waals surface area contributed by atoms with E-state index in [0.717, 1.165) is 0 Å². The van der Waals surface area contributed by atoms with E-state index >= 15 is 0 Å². The van der Waals surface area contributed by atoms with Crippen LogP contribution in [0.25, 0.3) is 0 Å². The molecule has 1 aromatic rings. The number of aromatic nitrogens is 2. The Kier molecular flexibility index (Phi) is 6.82. The molecule has 1 rings (SSSR count). The van der Waals surface area contributed by atoms with Gasteiger partial charge in [-0.25, -0.2) is 0 Å². The molecule has 1 aromatic heterocycles. The van der Waals surface area contributed by atoms with E-state index in [1.54, 1.807) is 19.1 Å². The molecule has 0 unspecified atom stereocenters. The number of nitrogens with zero attached hydrogens (tertiary/aromatic N) is 2. The molecule has 1 N–H and O–H groups in total. The second kappa shape index (κ2) is 7.56. The van der Waals surface area contributed by atoms with Crippen molar-refractivity contribution in [2.75, 3.05) is 0 Å². The minimum atomic E-state index is -4.44. The molecule has 19 heavy (non-hydrogen) atoms. The van der Waals surface area contributed by atoms with Gasteiger partial charge < -0.3 is 0 Å². The van der Waals surface area contributed by atoms with E-state index in [4.69, 9.17) is 0 Å². The van der Waals surface area contributed by atoms with E-state index in [-0.39, 0.29) is 11.3 Å². The van der Waals surface area contributed by atoms with Crippen molar-refractivity contribution in [3.63, 3.8) is 0 Å². The van der Waals surface area contributed by atoms with Crippen LogP contribution in [0.5, 0.6) is 0 Å². The second-order valence-electron chi connectivity index (χ2n) is 3.27. The van der Waals surface area contributed by atoms with Crippen molar-refractivity contribution in [1.82, 2.24) is 10.2 Å². The van der Waals surface area contributed by atoms with Crippen molar-refractivity contribution in [2.45, 2.75) is 33.9 Å². The highest BCUT2D eigenvalue weighted by atomic mass is 19.4. The first-order chi connectivity index (χ1) is 8.91. The van der Waals surface area contributed by atoms with Crippen LogP contribution in [0.1, 0.15) is 37.7 Å². The van der Waals surface area contributed by atoms with Crippen LogP contribution in [-0.4, -0.2) is 15.9 Å². The minimum absolute atomic E-state index is 0.0243. The predicted octanol–water partition coefficient (Wildman–Crippen LogP) is 4.27. The van der Waals surface area contributed by atoms with Gasteiger partial charge in [0.2, 0.25) is 0 Å². The molecule has 3 nitrogen and oxygen atoms in total. The zero-order chi connectivity index (χ0) is 15.1. The fourth-order valence-corrected chi connectivity index (χ4v) is 1.36. The summed E-state index contributed by atoms with van der Waals surface area (Å²) in [4.78, 5) is 3.88. The third kappa shape index (κ3) is 4.39. The van der Waals surface area contributed by atoms with Crippen LogP contribution in [0.3, 0.4) is 0 Å². The van der Waals surface area contributed by atoms with Crippen LogP contribution in [-0.2, 0) is 6.18 Å². The number of alkyl halides is 3. The van der Waals surface area contributed by atoms with Gasteiger partial charge in [0, 0.05) is 11.8 Å². The molecular weight excluding hydrogens is 255 g/mol. The lowest BCUT2D eigenvalue weighted by Crippen LogP contribution is -2.08. The summed E-state index contributed by atoms with van der Waals surface area (Å²) < 4.78 is 37.6. The van der Waals surface area contributed by atoms with Gasteiger partial charge in [0.1, 0.15) is 11.4 Å². The quantitative estimate of drug-likeness (QED) is 0.821. The molecule has 0 saturated carbocycles. The minimum Gasteiger partial charge on any atom is -0.273 e. The highest BCUT2D eigenvalue weighted by molar-refractivity contribution is 6.08. The van der Waals surface area contributed by atoms with Gasteiger partial charge in [-0.15, -0.1) is 0 Å². The lowest BCUT2D eigenvalue weighted by Gasteiger charge is -2.04. The topological polar surface area (TPSA) is 41.0 Å². The second-order valence-corrected chi connectivity index (χ2v) is 3.27. The average Bonchev–Trinajstić information content (AvgIpc) is 2.73. The average molecular weight is 273 g/mol. The highest BCUT2D eigenvalue weighted by Gasteiger charge is 2.36. The number of halogens is 3. The van der Waals surface area contributed by atoms with E-state index in [2.05, 4.69) is 16.7 Å². The van der Waals surface area contributed by atoms with E-state index in [9.17, 15) is 13.2 Å². The molecular formula is C13H18F3N3. The highest BCUT2D eigenvalue weighted by Crippen LogP contribution is 2.31. The largest absolute Gasteiger partial charge is 0.433 e. The predicted molar refractivity (Wildman–Crippen MR) is 71.2 cm³/mol. The SMILES string of the molecule is C=CN=C(/C=C\C)c1n[nH]c(C(F)(F)F)c1C.CC. The Hall–Kier alpha value is -1.85. The van der Waals surface area contributed by atoms with Gasteiger partial charge in [0.15, 0.2) is 0 Å². The number of H-pyrrole nitrogens is 1. The van der Waals surface area contributed by atoms with Crippen molar-refractivity contribution < 1.29 is 13.2 Å². The molecule has 0 aliphatic heterocycles. The number of aliphatic imine (C=N–C) groups is 1. The molecule has 0 bridgehead atoms. The zero-order valence-corrected chi connectivity index (χ0v) is 11.5. The van der Waals surface area contributed by atoms with Gasteiger partial charge in [0.05, 0.1) is 5.71 Å². The van der Waals surface area contributed by atoms with E-state index in [1.165, 1.54) is 13.1 Å². The summed E-state index contributed by atoms with van der Waals surface area (Å²) >= 11 is 0. The zero-order valence-electron chi connectivity index (χ0n) is 11.5. The van der Waals surface area contributed by atoms with Crippen molar-refractivity contribution in [1.29, 1.82) is 0 Å². The van der Waals surface area contributed by atoms with Crippen LogP contribution in [0.15, 0.2) is 29.9 Å². The van der Waals surface area contributed by atoms with E-state index in [0.29, 0.717) is 5.71 Å². The lowest BCUT2D eigenvalue weighted by atomic mass is 10.1. The Morgan fingerprint density at radius 2 is 1.95 bits per heavy atom. The van der Waals surface area contributed by atoms with Crippen LogP contribution >= 0.6 is 0 Å². The number of aromatic amines is 1. The number of hydrogen-bond donors (Lipinski definition) is 1. The fraction of sp³-hybridized carbons (Fsp3) is 0.385. The first-order valence-electron chi connectivity index (χ1n) is 5.85. The van der Waals surface area contributed by atoms with Crippen LogP contribution in [0.4, 0.5) is 13.2 Å². The Balaban J connectivity index is 0.00000154. The van der Waals surface area contributed by atoms with Gasteiger partial charge in [0.25, 0.3) is 0 Å². The van der Waals surface area contributed by atoms with Gasteiger partial charge in [-0.1, -0.05) is 26.5 Å². The lowest BCUT2D eigenvalue weighted by molar-refractivity contribution is -0.141. The van der Waals surface area contributed by atoms with Crippen LogP contribution in [0.2, 0.25) is 0 Å². The van der Waals surface area contributed by atoms with Crippen LogP contribution in [0, 0.1) is 6.92 Å². The van der Waals surface area contributed by atoms with E-state index < -0.39 is 11.9 Å². The normalized spacial score (nSPS) is 12.3. The number of hydrogen-bond acceptors (Lipinski definition) is 2. The van der Waals surface area contributed by atoms with Crippen LogP contribution < -0.4 is 0 Å². The standard InChI is InChI=1S/C11H12F3N3.C2H6/c1-4-6-8(15-5-2)9-7(3)10(17-16-9)11(12,13)14;1-2/h4-6H,2H2,1,3H3,(H,16,17);1-2H3/b6-4-,15-8?;. The summed E-state index contributed by atoms with van der Waals surface area (Å²) in [6, 6.07) is 0. The van der Waals surface area contributed by atoms with Crippen molar-refractivity contribution in [3.8, 4) is 0 Å². The van der Waals surface area contributed by atoms with Crippen molar-refractivity contribution in [3.05, 3.63) is 41.9 Å². The third-order valence-electron chi connectivity index (χ3n) is 2.09. The Bertz CT molecular complexity index is 468. The first-order valence-corrected chi connectivity index (χ1v) is 5.85. The van der Waals surface area contributed by atoms with Gasteiger partial charge in [-0.2, -0.15) is 18.3 Å². The molecule has 0 saturated heterocycles. The molecule has 0 fully saturated rings. The molecule has 0 atom stereocenters. The summed E-state index contributed by atoms with van der Waals surface area (Å²) in [5, 5.41) is 5.63. The van der Waals surface area contributed by atoms with E-state index in [1.807, 2.05) is 18.9 Å². The van der Waals surface area contributed by atoms with Gasteiger partial charge >= 0.3 is 6.18 Å². The number of rotatable bonds is 3. The van der Waals surface area contributed by atoms with Crippen molar-refractivity contribution >= 4 is 5.71 Å². The molecule has 0 radical (unpaired) electrons. The molecule has 6 heteroatoms. The van der Waals surface area contributed by atoms with Gasteiger partial charge in [-0.05, 0) is 19.9 Å². The molecule has 0 spiro atoms. The monoisotopic (exact) mass is 273 g/mol. The fourth-order valence-electron chi connectivity index (χ4n) is 1.36. The molecule has 0 aliphatic rings. The summed E-state index contributed by atoms with van der Waals surface area (Å²) in [6.07, 6.45) is 0.0655. The molecule has 106 valence electrons. The summed E-state index contributed by atoms with van der Waals surface area (Å²) in [6.45, 7) is 10.5. The third-order valence-corrected chi connectivity index (χ3v) is 2.09. The molecule has 1 heterocycles. The maximum Gasteiger partial charge on any atom is 0.433 e. The molecule has 0 amide bonds.